The molecule has 0 spiro atoms. The Balaban J connectivity index is 2.11. The van der Waals surface area contributed by atoms with Gasteiger partial charge in [0.15, 0.2) is 5.56 Å². The number of fused-ring (bicyclic) bond motifs is 1. The number of anilines is 1. The molecular formula is C17H13NO4. The SMILES string of the molecule is O=C(O)c1c(NCc2ccccc2)c2ccccc2oc1=O. The Morgan fingerprint density at radius 3 is 2.45 bits per heavy atom. The van der Waals surface area contributed by atoms with Gasteiger partial charge >= 0.3 is 11.6 Å². The summed E-state index contributed by atoms with van der Waals surface area (Å²) in [4.78, 5) is 23.3. The van der Waals surface area contributed by atoms with E-state index in [1.165, 1.54) is 0 Å². The number of para-hydroxylation sites is 1. The molecule has 0 saturated heterocycles. The highest BCUT2D eigenvalue weighted by atomic mass is 16.4. The third-order valence-corrected chi connectivity index (χ3v) is 3.34. The summed E-state index contributed by atoms with van der Waals surface area (Å²) < 4.78 is 5.07. The second kappa shape index (κ2) is 5.73. The molecule has 0 radical (unpaired) electrons. The fourth-order valence-electron chi connectivity index (χ4n) is 2.31. The monoisotopic (exact) mass is 295 g/mol. The molecule has 0 unspecified atom stereocenters. The standard InChI is InChI=1S/C17H13NO4/c19-16(20)14-15(18-10-11-6-2-1-3-7-11)12-8-4-5-9-13(12)22-17(14)21/h1-9,18H,10H2,(H,19,20). The van der Waals surface area contributed by atoms with Crippen molar-refractivity contribution < 1.29 is 14.3 Å². The van der Waals surface area contributed by atoms with Gasteiger partial charge in [-0.3, -0.25) is 0 Å². The van der Waals surface area contributed by atoms with E-state index in [2.05, 4.69) is 5.32 Å². The van der Waals surface area contributed by atoms with Crippen molar-refractivity contribution in [3.05, 3.63) is 76.1 Å². The molecule has 2 N–H and O–H groups in total. The summed E-state index contributed by atoms with van der Waals surface area (Å²) in [5, 5.41) is 12.9. The van der Waals surface area contributed by atoms with E-state index in [4.69, 9.17) is 4.42 Å². The van der Waals surface area contributed by atoms with Gasteiger partial charge in [0, 0.05) is 11.9 Å². The van der Waals surface area contributed by atoms with E-state index in [0.29, 0.717) is 17.5 Å². The van der Waals surface area contributed by atoms with Crippen molar-refractivity contribution in [2.75, 3.05) is 5.32 Å². The van der Waals surface area contributed by atoms with Crippen LogP contribution in [0, 0.1) is 0 Å². The molecular weight excluding hydrogens is 282 g/mol. The van der Waals surface area contributed by atoms with Gasteiger partial charge in [-0.1, -0.05) is 42.5 Å². The Labute approximate surface area is 125 Å². The van der Waals surface area contributed by atoms with E-state index in [-0.39, 0.29) is 11.3 Å². The third kappa shape index (κ3) is 2.56. The van der Waals surface area contributed by atoms with Crippen LogP contribution in [0.5, 0.6) is 0 Å². The fourth-order valence-corrected chi connectivity index (χ4v) is 2.31. The summed E-state index contributed by atoms with van der Waals surface area (Å²) >= 11 is 0. The lowest BCUT2D eigenvalue weighted by molar-refractivity contribution is 0.0693. The first-order chi connectivity index (χ1) is 10.7. The zero-order valence-corrected chi connectivity index (χ0v) is 11.6. The highest BCUT2D eigenvalue weighted by Gasteiger charge is 2.20. The van der Waals surface area contributed by atoms with Crippen LogP contribution >= 0.6 is 0 Å². The number of hydrogen-bond donors (Lipinski definition) is 2. The largest absolute Gasteiger partial charge is 0.477 e. The molecule has 110 valence electrons. The lowest BCUT2D eigenvalue weighted by Gasteiger charge is -2.11. The first kappa shape index (κ1) is 13.9. The van der Waals surface area contributed by atoms with Crippen molar-refractivity contribution >= 4 is 22.6 Å². The number of hydrogen-bond acceptors (Lipinski definition) is 4. The smallest absolute Gasteiger partial charge is 0.353 e. The van der Waals surface area contributed by atoms with Crippen molar-refractivity contribution in [1.29, 1.82) is 0 Å². The van der Waals surface area contributed by atoms with E-state index in [1.807, 2.05) is 30.3 Å². The molecule has 22 heavy (non-hydrogen) atoms. The molecule has 3 aromatic rings. The Hall–Kier alpha value is -3.08. The second-order valence-corrected chi connectivity index (χ2v) is 4.78. The number of carboxylic acid groups (broad SMARTS) is 1. The van der Waals surface area contributed by atoms with Crippen molar-refractivity contribution in [3.8, 4) is 0 Å². The lowest BCUT2D eigenvalue weighted by atomic mass is 10.1. The summed E-state index contributed by atoms with van der Waals surface area (Å²) in [5.74, 6) is -1.31. The number of benzene rings is 2. The first-order valence-corrected chi connectivity index (χ1v) is 6.74. The third-order valence-electron chi connectivity index (χ3n) is 3.34. The van der Waals surface area contributed by atoms with E-state index < -0.39 is 11.6 Å². The van der Waals surface area contributed by atoms with Crippen molar-refractivity contribution in [2.45, 2.75) is 6.54 Å². The Morgan fingerprint density at radius 2 is 1.73 bits per heavy atom. The minimum Gasteiger partial charge on any atom is -0.477 e. The summed E-state index contributed by atoms with van der Waals surface area (Å²) in [6, 6.07) is 16.4. The Bertz CT molecular complexity index is 884. The molecule has 0 saturated carbocycles. The molecule has 0 fully saturated rings. The minimum atomic E-state index is -1.31. The average Bonchev–Trinajstić information content (AvgIpc) is 2.52. The van der Waals surface area contributed by atoms with Gasteiger partial charge in [0.25, 0.3) is 0 Å². The van der Waals surface area contributed by atoms with Gasteiger partial charge in [0.2, 0.25) is 0 Å². The van der Waals surface area contributed by atoms with Crippen LogP contribution in [0.15, 0.2) is 63.8 Å². The van der Waals surface area contributed by atoms with E-state index in [0.717, 1.165) is 5.56 Å². The van der Waals surface area contributed by atoms with Crippen LogP contribution in [0.3, 0.4) is 0 Å². The normalized spacial score (nSPS) is 10.5. The molecule has 0 bridgehead atoms. The highest BCUT2D eigenvalue weighted by molar-refractivity contribution is 6.03. The molecule has 0 atom stereocenters. The van der Waals surface area contributed by atoms with Gasteiger partial charge in [0.1, 0.15) is 5.58 Å². The molecule has 0 aliphatic rings. The van der Waals surface area contributed by atoms with Crippen molar-refractivity contribution in [3.63, 3.8) is 0 Å². The molecule has 5 nitrogen and oxygen atoms in total. The van der Waals surface area contributed by atoms with Crippen LogP contribution in [0.25, 0.3) is 11.0 Å². The molecule has 1 aromatic heterocycles. The van der Waals surface area contributed by atoms with Crippen LogP contribution in [-0.4, -0.2) is 11.1 Å². The van der Waals surface area contributed by atoms with Gasteiger partial charge in [0.05, 0.1) is 5.69 Å². The van der Waals surface area contributed by atoms with Gasteiger partial charge in [-0.2, -0.15) is 0 Å². The summed E-state index contributed by atoms with van der Waals surface area (Å²) in [5.41, 5.74) is 0.379. The predicted octanol–water partition coefficient (Wildman–Crippen LogP) is 3.10. The van der Waals surface area contributed by atoms with Gasteiger partial charge in [-0.05, 0) is 17.7 Å². The summed E-state index contributed by atoms with van der Waals surface area (Å²) in [6.45, 7) is 0.411. The molecule has 1 heterocycles. The molecule has 0 amide bonds. The maximum absolute atomic E-state index is 11.9. The van der Waals surface area contributed by atoms with Crippen LogP contribution in [0.4, 0.5) is 5.69 Å². The number of rotatable bonds is 4. The molecule has 0 aliphatic heterocycles. The fraction of sp³-hybridized carbons (Fsp3) is 0.0588. The molecule has 3 rings (SSSR count). The Morgan fingerprint density at radius 1 is 1.05 bits per heavy atom. The van der Waals surface area contributed by atoms with E-state index >= 15 is 0 Å². The molecule has 2 aromatic carbocycles. The zero-order chi connectivity index (χ0) is 15.5. The van der Waals surface area contributed by atoms with Crippen LogP contribution < -0.4 is 10.9 Å². The number of carbonyl (C=O) groups is 1. The Kier molecular flexibility index (Phi) is 3.62. The summed E-state index contributed by atoms with van der Waals surface area (Å²) in [6.07, 6.45) is 0. The number of aromatic carboxylic acids is 1. The van der Waals surface area contributed by atoms with Crippen molar-refractivity contribution in [2.24, 2.45) is 0 Å². The van der Waals surface area contributed by atoms with Gasteiger partial charge in [-0.25, -0.2) is 9.59 Å². The summed E-state index contributed by atoms with van der Waals surface area (Å²) in [7, 11) is 0. The van der Waals surface area contributed by atoms with Crippen LogP contribution in [0.2, 0.25) is 0 Å². The second-order valence-electron chi connectivity index (χ2n) is 4.78. The van der Waals surface area contributed by atoms with Crippen LogP contribution in [-0.2, 0) is 6.54 Å². The first-order valence-electron chi connectivity index (χ1n) is 6.74. The molecule has 5 heteroatoms. The topological polar surface area (TPSA) is 79.5 Å². The van der Waals surface area contributed by atoms with Gasteiger partial charge < -0.3 is 14.8 Å². The van der Waals surface area contributed by atoms with E-state index in [9.17, 15) is 14.7 Å². The van der Waals surface area contributed by atoms with Crippen LogP contribution in [0.1, 0.15) is 15.9 Å². The quantitative estimate of drug-likeness (QED) is 0.723. The number of nitrogens with one attached hydrogen (secondary N) is 1. The highest BCUT2D eigenvalue weighted by Crippen LogP contribution is 2.25. The van der Waals surface area contributed by atoms with Crippen molar-refractivity contribution in [1.82, 2.24) is 0 Å². The maximum Gasteiger partial charge on any atom is 0.353 e. The average molecular weight is 295 g/mol. The lowest BCUT2D eigenvalue weighted by Crippen LogP contribution is -2.17. The minimum absolute atomic E-state index is 0.281. The zero-order valence-electron chi connectivity index (χ0n) is 11.6. The predicted molar refractivity (Wildman–Crippen MR) is 83.2 cm³/mol. The number of carboxylic acids is 1. The molecule has 0 aliphatic carbocycles. The van der Waals surface area contributed by atoms with Gasteiger partial charge in [-0.15, -0.1) is 0 Å². The maximum atomic E-state index is 11.9. The van der Waals surface area contributed by atoms with E-state index in [1.54, 1.807) is 24.3 Å².